The van der Waals surface area contributed by atoms with Crippen LogP contribution in [0.2, 0.25) is 0 Å². The number of nitrogens with zero attached hydrogens (tertiary/aromatic N) is 1. The van der Waals surface area contributed by atoms with Crippen molar-refractivity contribution in [1.29, 1.82) is 0 Å². The number of aromatic nitrogens is 1. The summed E-state index contributed by atoms with van der Waals surface area (Å²) in [6.07, 6.45) is 8.51. The van der Waals surface area contributed by atoms with E-state index in [9.17, 15) is 4.79 Å². The number of hydrogen-bond donors (Lipinski definition) is 3. The van der Waals surface area contributed by atoms with Crippen LogP contribution in [0.15, 0.2) is 36.9 Å². The summed E-state index contributed by atoms with van der Waals surface area (Å²) in [6.45, 7) is 13.9. The Morgan fingerprint density at radius 2 is 2.14 bits per heavy atom. The molecule has 0 saturated heterocycles. The predicted octanol–water partition coefficient (Wildman–Crippen LogP) is 4.61. The van der Waals surface area contributed by atoms with Crippen LogP contribution in [0.5, 0.6) is 0 Å². The Balaban J connectivity index is 1.90. The Labute approximate surface area is 175 Å². The van der Waals surface area contributed by atoms with Gasteiger partial charge >= 0.3 is 0 Å². The highest BCUT2D eigenvalue weighted by atomic mass is 16.1. The van der Waals surface area contributed by atoms with Crippen LogP contribution >= 0.6 is 0 Å². The molecular weight excluding hydrogens is 360 g/mol. The van der Waals surface area contributed by atoms with E-state index in [1.807, 2.05) is 32.2 Å². The fourth-order valence-corrected chi connectivity index (χ4v) is 3.87. The third kappa shape index (κ3) is 6.86. The van der Waals surface area contributed by atoms with Crippen LogP contribution in [0.1, 0.15) is 57.2 Å². The van der Waals surface area contributed by atoms with Crippen molar-refractivity contribution in [3.8, 4) is 0 Å². The highest BCUT2D eigenvalue weighted by Gasteiger charge is 2.24. The van der Waals surface area contributed by atoms with Gasteiger partial charge in [0.1, 0.15) is 5.82 Å². The van der Waals surface area contributed by atoms with Gasteiger partial charge in [0, 0.05) is 30.8 Å². The normalized spacial score (nSPS) is 19.3. The van der Waals surface area contributed by atoms with Crippen LogP contribution in [-0.2, 0) is 4.79 Å². The van der Waals surface area contributed by atoms with Crippen LogP contribution in [0, 0.1) is 11.8 Å². The Hall–Kier alpha value is -2.40. The van der Waals surface area contributed by atoms with E-state index >= 15 is 0 Å². The summed E-state index contributed by atoms with van der Waals surface area (Å²) in [5.41, 5.74) is 3.79. The van der Waals surface area contributed by atoms with Gasteiger partial charge < -0.3 is 16.0 Å². The molecule has 0 radical (unpaired) electrons. The Bertz CT molecular complexity index is 753. The molecule has 158 valence electrons. The fourth-order valence-electron chi connectivity index (χ4n) is 3.87. The van der Waals surface area contributed by atoms with E-state index in [1.54, 1.807) is 6.08 Å². The molecule has 5 heteroatoms. The number of rotatable bonds is 11. The molecule has 5 nitrogen and oxygen atoms in total. The van der Waals surface area contributed by atoms with Crippen LogP contribution < -0.4 is 16.0 Å². The highest BCUT2D eigenvalue weighted by molar-refractivity contribution is 5.88. The van der Waals surface area contributed by atoms with E-state index in [0.29, 0.717) is 18.3 Å². The van der Waals surface area contributed by atoms with Gasteiger partial charge in [-0.3, -0.25) is 4.79 Å². The third-order valence-corrected chi connectivity index (χ3v) is 5.60. The number of anilines is 1. The Morgan fingerprint density at radius 1 is 1.34 bits per heavy atom. The van der Waals surface area contributed by atoms with E-state index < -0.39 is 0 Å². The predicted molar refractivity (Wildman–Crippen MR) is 123 cm³/mol. The minimum Gasteiger partial charge on any atom is -0.369 e. The first-order valence-corrected chi connectivity index (χ1v) is 10.6. The summed E-state index contributed by atoms with van der Waals surface area (Å²) in [7, 11) is 1.92. The van der Waals surface area contributed by atoms with Gasteiger partial charge in [-0.25, -0.2) is 4.98 Å². The van der Waals surface area contributed by atoms with Crippen molar-refractivity contribution in [2.45, 2.75) is 46.0 Å². The van der Waals surface area contributed by atoms with Crippen molar-refractivity contribution >= 4 is 23.5 Å². The summed E-state index contributed by atoms with van der Waals surface area (Å²) < 4.78 is 0. The summed E-state index contributed by atoms with van der Waals surface area (Å²) in [4.78, 5) is 17.1. The molecule has 0 bridgehead atoms. The molecule has 1 amide bonds. The van der Waals surface area contributed by atoms with E-state index in [4.69, 9.17) is 0 Å². The minimum absolute atomic E-state index is 0.0502. The van der Waals surface area contributed by atoms with Gasteiger partial charge in [-0.1, -0.05) is 31.7 Å². The lowest BCUT2D eigenvalue weighted by Gasteiger charge is -2.14. The largest absolute Gasteiger partial charge is 0.369 e. The standard InChI is InChI=1S/C24H36N4O/c1-6-21-20(11-12-23(27-21)26-14-13-25-5)22(7-2)28-24(29)10-8-9-19-15-17(3)18(4)16-19/h6-7,11-12,18-19,25H,1,3,8-10,13-16H2,2,4-5H3,(H,26,27)(H,28,29)/b22-7+. The minimum atomic E-state index is 0.0502. The Morgan fingerprint density at radius 3 is 2.76 bits per heavy atom. The lowest BCUT2D eigenvalue weighted by atomic mass is 9.99. The second-order valence-corrected chi connectivity index (χ2v) is 7.87. The van der Waals surface area contributed by atoms with Gasteiger partial charge in [0.25, 0.3) is 0 Å². The molecule has 2 unspecified atom stereocenters. The van der Waals surface area contributed by atoms with Crippen molar-refractivity contribution in [2.75, 3.05) is 25.5 Å². The van der Waals surface area contributed by atoms with Crippen LogP contribution in [0.25, 0.3) is 11.8 Å². The zero-order valence-corrected chi connectivity index (χ0v) is 18.2. The summed E-state index contributed by atoms with van der Waals surface area (Å²) in [6, 6.07) is 3.91. The monoisotopic (exact) mass is 396 g/mol. The second kappa shape index (κ2) is 11.6. The van der Waals surface area contributed by atoms with Gasteiger partial charge in [-0.2, -0.15) is 0 Å². The molecule has 3 N–H and O–H groups in total. The SMILES string of the molecule is C=Cc1nc(NCCNC)ccc1/C(=C\C)NC(=O)CCCC1CC(=C)C(C)C1. The first-order valence-electron chi connectivity index (χ1n) is 10.6. The van der Waals surface area contributed by atoms with Crippen molar-refractivity contribution in [3.63, 3.8) is 0 Å². The molecule has 1 aromatic rings. The van der Waals surface area contributed by atoms with Gasteiger partial charge in [0.05, 0.1) is 5.69 Å². The number of hydrogen-bond acceptors (Lipinski definition) is 4. The number of carbonyl (C=O) groups is 1. The average molecular weight is 397 g/mol. The summed E-state index contributed by atoms with van der Waals surface area (Å²) >= 11 is 0. The number of nitrogens with one attached hydrogen (secondary N) is 3. The average Bonchev–Trinajstić information content (AvgIpc) is 3.03. The lowest BCUT2D eigenvalue weighted by molar-refractivity contribution is -0.120. The topological polar surface area (TPSA) is 66.1 Å². The zero-order valence-electron chi connectivity index (χ0n) is 18.2. The number of allylic oxidation sites excluding steroid dienone is 2. The summed E-state index contributed by atoms with van der Waals surface area (Å²) in [5.74, 6) is 2.16. The van der Waals surface area contributed by atoms with Crippen molar-refractivity contribution in [3.05, 3.63) is 48.2 Å². The molecule has 1 aromatic heterocycles. The molecule has 0 spiro atoms. The fraction of sp³-hybridized carbons (Fsp3) is 0.500. The van der Waals surface area contributed by atoms with E-state index in [2.05, 4.69) is 41.0 Å². The lowest BCUT2D eigenvalue weighted by Crippen LogP contribution is -2.22. The molecule has 1 aliphatic carbocycles. The van der Waals surface area contributed by atoms with E-state index in [-0.39, 0.29) is 5.91 Å². The van der Waals surface area contributed by atoms with E-state index in [0.717, 1.165) is 55.1 Å². The molecule has 29 heavy (non-hydrogen) atoms. The second-order valence-electron chi connectivity index (χ2n) is 7.87. The highest BCUT2D eigenvalue weighted by Crippen LogP contribution is 2.37. The quantitative estimate of drug-likeness (QED) is 0.378. The molecule has 1 heterocycles. The molecule has 2 atom stereocenters. The molecule has 0 aromatic carbocycles. The number of carbonyl (C=O) groups excluding carboxylic acids is 1. The van der Waals surface area contributed by atoms with Crippen molar-refractivity contribution < 1.29 is 4.79 Å². The van der Waals surface area contributed by atoms with Crippen LogP contribution in [0.4, 0.5) is 5.82 Å². The molecule has 2 rings (SSSR count). The van der Waals surface area contributed by atoms with Crippen molar-refractivity contribution in [2.24, 2.45) is 11.8 Å². The van der Waals surface area contributed by atoms with Crippen LogP contribution in [0.3, 0.4) is 0 Å². The van der Waals surface area contributed by atoms with Gasteiger partial charge in [0.2, 0.25) is 5.91 Å². The maximum absolute atomic E-state index is 12.5. The van der Waals surface area contributed by atoms with Gasteiger partial charge in [-0.15, -0.1) is 0 Å². The summed E-state index contributed by atoms with van der Waals surface area (Å²) in [5, 5.41) is 9.42. The molecule has 1 fully saturated rings. The number of pyridine rings is 1. The maximum atomic E-state index is 12.5. The zero-order chi connectivity index (χ0) is 21.2. The van der Waals surface area contributed by atoms with Crippen molar-refractivity contribution in [1.82, 2.24) is 15.6 Å². The molecule has 0 aliphatic heterocycles. The molecular formula is C24H36N4O. The molecule has 1 aliphatic rings. The van der Waals surface area contributed by atoms with Gasteiger partial charge in [0.15, 0.2) is 0 Å². The first kappa shape index (κ1) is 22.9. The smallest absolute Gasteiger partial charge is 0.224 e. The first-order chi connectivity index (χ1) is 14.0. The maximum Gasteiger partial charge on any atom is 0.224 e. The van der Waals surface area contributed by atoms with Crippen LogP contribution in [-0.4, -0.2) is 31.0 Å². The van der Waals surface area contributed by atoms with Gasteiger partial charge in [-0.05, 0) is 69.7 Å². The number of likely N-dealkylation sites (N-methyl/N-ethyl adjacent to an activating group) is 1. The molecule has 1 saturated carbocycles. The number of amides is 1. The van der Waals surface area contributed by atoms with E-state index in [1.165, 1.54) is 12.0 Å². The third-order valence-electron chi connectivity index (χ3n) is 5.60. The Kier molecular flexibility index (Phi) is 9.13.